The fourth-order valence-electron chi connectivity index (χ4n) is 3.34. The zero-order valence-corrected chi connectivity index (χ0v) is 19.0. The van der Waals surface area contributed by atoms with Gasteiger partial charge in [-0.05, 0) is 54.1 Å². The third-order valence-electron chi connectivity index (χ3n) is 5.19. The summed E-state index contributed by atoms with van der Waals surface area (Å²) in [6.07, 6.45) is -4.37. The Bertz CT molecular complexity index is 1180. The van der Waals surface area contributed by atoms with Gasteiger partial charge in [-0.25, -0.2) is 0 Å². The lowest BCUT2D eigenvalue weighted by Crippen LogP contribution is -2.36. The van der Waals surface area contributed by atoms with Gasteiger partial charge in [-0.2, -0.15) is 13.2 Å². The van der Waals surface area contributed by atoms with Crippen molar-refractivity contribution in [1.29, 1.82) is 0 Å². The zero-order valence-electron chi connectivity index (χ0n) is 19.0. The van der Waals surface area contributed by atoms with E-state index in [2.05, 4.69) is 16.0 Å². The van der Waals surface area contributed by atoms with Crippen molar-refractivity contribution in [1.82, 2.24) is 5.32 Å². The summed E-state index contributed by atoms with van der Waals surface area (Å²) in [5.41, 5.74) is 1.14. The van der Waals surface area contributed by atoms with Gasteiger partial charge < -0.3 is 21.1 Å². The maximum absolute atomic E-state index is 13.0. The van der Waals surface area contributed by atoms with E-state index in [1.54, 1.807) is 12.1 Å². The third-order valence-corrected chi connectivity index (χ3v) is 5.19. The maximum atomic E-state index is 13.0. The van der Waals surface area contributed by atoms with Crippen molar-refractivity contribution in [2.75, 3.05) is 17.2 Å². The summed E-state index contributed by atoms with van der Waals surface area (Å²) in [4.78, 5) is 35.8. The predicted octanol–water partition coefficient (Wildman–Crippen LogP) is 4.57. The summed E-state index contributed by atoms with van der Waals surface area (Å²) in [6.45, 7) is -0.00254. The molecule has 3 aromatic rings. The largest absolute Gasteiger partial charge is 0.481 e. The number of halogens is 3. The lowest BCUT2D eigenvalue weighted by molar-refractivity contribution is -0.138. The van der Waals surface area contributed by atoms with E-state index in [0.29, 0.717) is 17.7 Å². The van der Waals surface area contributed by atoms with Crippen molar-refractivity contribution < 1.29 is 32.7 Å². The van der Waals surface area contributed by atoms with Gasteiger partial charge in [-0.15, -0.1) is 0 Å². The van der Waals surface area contributed by atoms with E-state index in [0.717, 1.165) is 17.7 Å². The molecule has 2 amide bonds. The highest BCUT2D eigenvalue weighted by Crippen LogP contribution is 2.30. The number of benzene rings is 3. The van der Waals surface area contributed by atoms with Crippen molar-refractivity contribution in [2.45, 2.75) is 25.1 Å². The van der Waals surface area contributed by atoms with Gasteiger partial charge in [-0.1, -0.05) is 30.3 Å². The van der Waals surface area contributed by atoms with E-state index in [4.69, 9.17) is 5.11 Å². The van der Waals surface area contributed by atoms with Crippen LogP contribution < -0.4 is 16.0 Å². The molecular formula is C26H24F3N3O4. The number of alkyl halides is 3. The van der Waals surface area contributed by atoms with Gasteiger partial charge in [0.25, 0.3) is 5.91 Å². The van der Waals surface area contributed by atoms with Crippen molar-refractivity contribution in [3.63, 3.8) is 0 Å². The number of carbonyl (C=O) groups is 3. The smallest absolute Gasteiger partial charge is 0.416 e. The number of nitrogens with one attached hydrogen (secondary N) is 3. The minimum atomic E-state index is -4.47. The summed E-state index contributed by atoms with van der Waals surface area (Å²) in [7, 11) is 0. The molecule has 10 heteroatoms. The molecule has 1 atom stereocenters. The first-order valence-electron chi connectivity index (χ1n) is 11.0. The molecule has 3 aromatic carbocycles. The van der Waals surface area contributed by atoms with Crippen LogP contribution in [-0.4, -0.2) is 35.5 Å². The van der Waals surface area contributed by atoms with Gasteiger partial charge in [0.05, 0.1) is 12.0 Å². The van der Waals surface area contributed by atoms with Crippen LogP contribution in [0.3, 0.4) is 0 Å². The quantitative estimate of drug-likeness (QED) is 0.327. The summed E-state index contributed by atoms with van der Waals surface area (Å²) in [6, 6.07) is 18.9. The second-order valence-electron chi connectivity index (χ2n) is 7.93. The Kier molecular flexibility index (Phi) is 8.66. The molecule has 36 heavy (non-hydrogen) atoms. The number of hydrogen-bond acceptors (Lipinski definition) is 4. The lowest BCUT2D eigenvalue weighted by Gasteiger charge is -2.20. The molecule has 0 bridgehead atoms. The van der Waals surface area contributed by atoms with Gasteiger partial charge in [0, 0.05) is 29.9 Å². The zero-order chi connectivity index (χ0) is 26.1. The summed E-state index contributed by atoms with van der Waals surface area (Å²) in [5.74, 6) is -1.90. The number of carboxylic acid groups (broad SMARTS) is 1. The fraction of sp³-hybridized carbons (Fsp3) is 0.192. The molecular weight excluding hydrogens is 475 g/mol. The van der Waals surface area contributed by atoms with E-state index in [-0.39, 0.29) is 18.7 Å². The second kappa shape index (κ2) is 11.9. The van der Waals surface area contributed by atoms with Crippen LogP contribution in [0.4, 0.5) is 24.5 Å². The lowest BCUT2D eigenvalue weighted by atomic mass is 10.0. The molecule has 0 aliphatic heterocycles. The number of carbonyl (C=O) groups excluding carboxylic acids is 2. The van der Waals surface area contributed by atoms with Crippen LogP contribution in [0.5, 0.6) is 0 Å². The number of carboxylic acids is 1. The van der Waals surface area contributed by atoms with Crippen LogP contribution in [0.2, 0.25) is 0 Å². The molecule has 7 nitrogen and oxygen atoms in total. The second-order valence-corrected chi connectivity index (χ2v) is 7.93. The molecule has 188 valence electrons. The van der Waals surface area contributed by atoms with Crippen LogP contribution in [0.15, 0.2) is 78.9 Å². The Morgan fingerprint density at radius 1 is 0.833 bits per heavy atom. The highest BCUT2D eigenvalue weighted by molar-refractivity contribution is 5.97. The first-order valence-corrected chi connectivity index (χ1v) is 11.0. The minimum absolute atomic E-state index is 0.00254. The van der Waals surface area contributed by atoms with E-state index < -0.39 is 35.6 Å². The molecule has 0 unspecified atom stereocenters. The standard InChI is InChI=1S/C26H24F3N3O4/c27-26(28,29)19-8-12-21(13-9-19)32-25(36)22(16-17-4-2-1-3-5-17)31-20-10-6-18(7-11-20)24(35)30-15-14-23(33)34/h1-13,22,31H,14-16H2,(H,30,35)(H,32,36)(H,33,34)/t22-/m1/s1. The fourth-order valence-corrected chi connectivity index (χ4v) is 3.34. The Labute approximate surface area is 205 Å². The van der Waals surface area contributed by atoms with E-state index in [1.165, 1.54) is 24.3 Å². The van der Waals surface area contributed by atoms with Crippen molar-refractivity contribution in [2.24, 2.45) is 0 Å². The van der Waals surface area contributed by atoms with Gasteiger partial charge in [0.2, 0.25) is 5.91 Å². The highest BCUT2D eigenvalue weighted by atomic mass is 19.4. The molecule has 4 N–H and O–H groups in total. The van der Waals surface area contributed by atoms with Gasteiger partial charge in [0.15, 0.2) is 0 Å². The monoisotopic (exact) mass is 499 g/mol. The van der Waals surface area contributed by atoms with Crippen LogP contribution in [-0.2, 0) is 22.2 Å². The van der Waals surface area contributed by atoms with Crippen molar-refractivity contribution in [3.05, 3.63) is 95.6 Å². The average molecular weight is 499 g/mol. The van der Waals surface area contributed by atoms with Crippen LogP contribution >= 0.6 is 0 Å². The molecule has 0 saturated carbocycles. The SMILES string of the molecule is O=C(O)CCNC(=O)c1ccc(N[C@H](Cc2ccccc2)C(=O)Nc2ccc(C(F)(F)F)cc2)cc1. The number of hydrogen-bond donors (Lipinski definition) is 4. The number of amides is 2. The number of anilines is 2. The summed E-state index contributed by atoms with van der Waals surface area (Å²) in [5, 5.41) is 16.9. The minimum Gasteiger partial charge on any atom is -0.481 e. The van der Waals surface area contributed by atoms with E-state index >= 15 is 0 Å². The normalized spacial score (nSPS) is 11.9. The Morgan fingerprint density at radius 2 is 1.44 bits per heavy atom. The Balaban J connectivity index is 1.71. The topological polar surface area (TPSA) is 108 Å². The number of rotatable bonds is 10. The summed E-state index contributed by atoms with van der Waals surface area (Å²) < 4.78 is 38.5. The number of aliphatic carboxylic acids is 1. The van der Waals surface area contributed by atoms with Crippen LogP contribution in [0.25, 0.3) is 0 Å². The average Bonchev–Trinajstić information content (AvgIpc) is 2.84. The van der Waals surface area contributed by atoms with Crippen LogP contribution in [0, 0.1) is 0 Å². The van der Waals surface area contributed by atoms with E-state index in [1.807, 2.05) is 30.3 Å². The molecule has 0 radical (unpaired) electrons. The Hall–Kier alpha value is -4.34. The van der Waals surface area contributed by atoms with Crippen LogP contribution in [0.1, 0.15) is 27.9 Å². The molecule has 0 heterocycles. The molecule has 0 saturated heterocycles. The van der Waals surface area contributed by atoms with Crippen molar-refractivity contribution >= 4 is 29.2 Å². The van der Waals surface area contributed by atoms with Gasteiger partial charge >= 0.3 is 12.1 Å². The molecule has 0 fully saturated rings. The van der Waals surface area contributed by atoms with Gasteiger partial charge in [0.1, 0.15) is 6.04 Å². The van der Waals surface area contributed by atoms with E-state index in [9.17, 15) is 27.6 Å². The maximum Gasteiger partial charge on any atom is 0.416 e. The first-order chi connectivity index (χ1) is 17.1. The molecule has 0 aliphatic rings. The molecule has 0 aliphatic carbocycles. The molecule has 0 aromatic heterocycles. The first kappa shape index (κ1) is 26.3. The van der Waals surface area contributed by atoms with Crippen molar-refractivity contribution in [3.8, 4) is 0 Å². The Morgan fingerprint density at radius 3 is 2.03 bits per heavy atom. The molecule has 0 spiro atoms. The predicted molar refractivity (Wildman–Crippen MR) is 129 cm³/mol. The van der Waals surface area contributed by atoms with Gasteiger partial charge in [-0.3, -0.25) is 14.4 Å². The third kappa shape index (κ3) is 7.86. The molecule has 3 rings (SSSR count). The highest BCUT2D eigenvalue weighted by Gasteiger charge is 2.30. The summed E-state index contributed by atoms with van der Waals surface area (Å²) >= 11 is 0.